The maximum atomic E-state index is 12.1. The van der Waals surface area contributed by atoms with Gasteiger partial charge in [0, 0.05) is 12.8 Å². The fraction of sp³-hybridized carbons (Fsp3) is 0.674. The van der Waals surface area contributed by atoms with Gasteiger partial charge in [0.15, 0.2) is 6.10 Å². The standard InChI is InChI=1S/C43H72O5/c1-3-5-7-9-11-13-15-17-19-20-21-22-24-25-27-29-31-33-35-37-42(45)47-40-41(39-44)48-43(46)38-36-34-32-30-28-26-23-18-16-14-12-10-8-6-4-2/h11,13-14,16-17,19,21-22,25,27,31,33,41,44H,3-10,12,15,18,20,23-24,26,28-30,32,34-40H2,1-2H3/t41-/m0/s1. The fourth-order valence-corrected chi connectivity index (χ4v) is 5.00. The van der Waals surface area contributed by atoms with Crippen LogP contribution in [0.15, 0.2) is 72.9 Å². The summed E-state index contributed by atoms with van der Waals surface area (Å²) >= 11 is 0. The third-order valence-corrected chi connectivity index (χ3v) is 7.99. The predicted molar refractivity (Wildman–Crippen MR) is 205 cm³/mol. The van der Waals surface area contributed by atoms with Crippen molar-refractivity contribution in [2.75, 3.05) is 13.2 Å². The maximum absolute atomic E-state index is 12.1. The van der Waals surface area contributed by atoms with Gasteiger partial charge in [-0.2, -0.15) is 0 Å². The molecule has 0 aliphatic rings. The van der Waals surface area contributed by atoms with E-state index in [-0.39, 0.29) is 31.6 Å². The molecule has 0 aliphatic carbocycles. The molecule has 0 saturated carbocycles. The van der Waals surface area contributed by atoms with E-state index in [1.165, 1.54) is 89.9 Å². The summed E-state index contributed by atoms with van der Waals surface area (Å²) in [6.45, 7) is 4.01. The van der Waals surface area contributed by atoms with Gasteiger partial charge in [-0.1, -0.05) is 151 Å². The Morgan fingerprint density at radius 3 is 1.40 bits per heavy atom. The lowest BCUT2D eigenvalue weighted by Crippen LogP contribution is -2.28. The zero-order valence-electron chi connectivity index (χ0n) is 31.0. The molecule has 0 unspecified atom stereocenters. The molecule has 274 valence electrons. The molecule has 5 heteroatoms. The van der Waals surface area contributed by atoms with Crippen LogP contribution in [-0.4, -0.2) is 36.4 Å². The second kappa shape index (κ2) is 38.8. The first kappa shape index (κ1) is 45.3. The Kier molecular flexibility index (Phi) is 36.6. The summed E-state index contributed by atoms with van der Waals surface area (Å²) in [7, 11) is 0. The number of hydrogen-bond acceptors (Lipinski definition) is 5. The van der Waals surface area contributed by atoms with E-state index in [1.807, 2.05) is 12.2 Å². The minimum atomic E-state index is -0.806. The molecule has 0 amide bonds. The highest BCUT2D eigenvalue weighted by molar-refractivity contribution is 5.70. The van der Waals surface area contributed by atoms with Crippen LogP contribution in [0.5, 0.6) is 0 Å². The molecule has 0 aromatic heterocycles. The van der Waals surface area contributed by atoms with E-state index in [0.717, 1.165) is 44.9 Å². The van der Waals surface area contributed by atoms with Crippen molar-refractivity contribution in [3.63, 3.8) is 0 Å². The van der Waals surface area contributed by atoms with Crippen LogP contribution in [0.3, 0.4) is 0 Å². The Hall–Kier alpha value is -2.66. The van der Waals surface area contributed by atoms with Gasteiger partial charge in [0.05, 0.1) is 6.61 Å². The molecule has 1 N–H and O–H groups in total. The SMILES string of the molecule is CCCCCC=CCC=CCC=CCC=CCC=CCCC(=O)OC[C@H](CO)OC(=O)CCCCCCCCCC=CCCCCCC. The molecule has 0 aromatic rings. The van der Waals surface area contributed by atoms with Crippen molar-refractivity contribution in [2.24, 2.45) is 0 Å². The van der Waals surface area contributed by atoms with Crippen molar-refractivity contribution in [2.45, 2.75) is 174 Å². The number of aliphatic hydroxyl groups excluding tert-OH is 1. The van der Waals surface area contributed by atoms with Gasteiger partial charge in [-0.3, -0.25) is 9.59 Å². The van der Waals surface area contributed by atoms with Crippen molar-refractivity contribution in [1.29, 1.82) is 0 Å². The van der Waals surface area contributed by atoms with E-state index in [1.54, 1.807) is 0 Å². The molecule has 1 atom stereocenters. The third kappa shape index (κ3) is 36.2. The van der Waals surface area contributed by atoms with Crippen molar-refractivity contribution < 1.29 is 24.2 Å². The van der Waals surface area contributed by atoms with Crippen molar-refractivity contribution in [1.82, 2.24) is 0 Å². The van der Waals surface area contributed by atoms with Gasteiger partial charge in [0.25, 0.3) is 0 Å². The lowest BCUT2D eigenvalue weighted by molar-refractivity contribution is -0.161. The molecule has 0 aliphatic heterocycles. The topological polar surface area (TPSA) is 72.8 Å². The first-order valence-corrected chi connectivity index (χ1v) is 19.5. The second-order valence-corrected chi connectivity index (χ2v) is 12.6. The molecular weight excluding hydrogens is 596 g/mol. The highest BCUT2D eigenvalue weighted by atomic mass is 16.6. The first-order chi connectivity index (χ1) is 23.6. The van der Waals surface area contributed by atoms with E-state index in [0.29, 0.717) is 12.8 Å². The van der Waals surface area contributed by atoms with E-state index < -0.39 is 6.10 Å². The number of aliphatic hydroxyl groups is 1. The zero-order valence-corrected chi connectivity index (χ0v) is 31.0. The number of rotatable bonds is 34. The van der Waals surface area contributed by atoms with Gasteiger partial charge >= 0.3 is 11.9 Å². The fourth-order valence-electron chi connectivity index (χ4n) is 5.00. The molecule has 0 rings (SSSR count). The first-order valence-electron chi connectivity index (χ1n) is 19.5. The monoisotopic (exact) mass is 669 g/mol. The highest BCUT2D eigenvalue weighted by Crippen LogP contribution is 2.12. The largest absolute Gasteiger partial charge is 0.462 e. The van der Waals surface area contributed by atoms with Gasteiger partial charge < -0.3 is 14.6 Å². The smallest absolute Gasteiger partial charge is 0.306 e. The highest BCUT2D eigenvalue weighted by Gasteiger charge is 2.15. The molecule has 5 nitrogen and oxygen atoms in total. The molecule has 0 heterocycles. The van der Waals surface area contributed by atoms with Gasteiger partial charge in [-0.05, 0) is 77.0 Å². The molecular formula is C43H72O5. The molecule has 0 spiro atoms. The summed E-state index contributed by atoms with van der Waals surface area (Å²) in [5, 5.41) is 9.54. The average molecular weight is 669 g/mol. The summed E-state index contributed by atoms with van der Waals surface area (Å²) in [5.74, 6) is -0.698. The Balaban J connectivity index is 3.72. The van der Waals surface area contributed by atoms with Crippen LogP contribution in [0, 0.1) is 0 Å². The minimum absolute atomic E-state index is 0.110. The quantitative estimate of drug-likeness (QED) is 0.0420. The van der Waals surface area contributed by atoms with Gasteiger partial charge in [0.1, 0.15) is 6.61 Å². The Labute approximate surface area is 295 Å². The van der Waals surface area contributed by atoms with Gasteiger partial charge in [-0.15, -0.1) is 0 Å². The normalized spacial score (nSPS) is 13.0. The molecule has 0 aromatic carbocycles. The number of carbonyl (C=O) groups is 2. The van der Waals surface area contributed by atoms with E-state index in [9.17, 15) is 14.7 Å². The van der Waals surface area contributed by atoms with Crippen LogP contribution in [0.4, 0.5) is 0 Å². The lowest BCUT2D eigenvalue weighted by atomic mass is 10.1. The third-order valence-electron chi connectivity index (χ3n) is 7.99. The van der Waals surface area contributed by atoms with Crippen molar-refractivity contribution >= 4 is 11.9 Å². The Morgan fingerprint density at radius 2 is 0.875 bits per heavy atom. The van der Waals surface area contributed by atoms with Crippen molar-refractivity contribution in [3.8, 4) is 0 Å². The number of hydrogen-bond donors (Lipinski definition) is 1. The molecule has 0 fully saturated rings. The van der Waals surface area contributed by atoms with Crippen LogP contribution < -0.4 is 0 Å². The summed E-state index contributed by atoms with van der Waals surface area (Å²) in [5.41, 5.74) is 0. The zero-order chi connectivity index (χ0) is 35.0. The van der Waals surface area contributed by atoms with Gasteiger partial charge in [-0.25, -0.2) is 0 Å². The summed E-state index contributed by atoms with van der Waals surface area (Å²) in [4.78, 5) is 24.2. The average Bonchev–Trinajstić information content (AvgIpc) is 3.09. The van der Waals surface area contributed by atoms with E-state index >= 15 is 0 Å². The van der Waals surface area contributed by atoms with E-state index in [4.69, 9.17) is 9.47 Å². The minimum Gasteiger partial charge on any atom is -0.462 e. The maximum Gasteiger partial charge on any atom is 0.306 e. The van der Waals surface area contributed by atoms with Crippen LogP contribution in [0.2, 0.25) is 0 Å². The van der Waals surface area contributed by atoms with Crippen LogP contribution in [0.25, 0.3) is 0 Å². The summed E-state index contributed by atoms with van der Waals surface area (Å²) in [6, 6.07) is 0. The summed E-state index contributed by atoms with van der Waals surface area (Å²) in [6.07, 6.45) is 51.1. The Bertz CT molecular complexity index is 895. The van der Waals surface area contributed by atoms with Crippen LogP contribution in [0.1, 0.15) is 168 Å². The number of esters is 2. The van der Waals surface area contributed by atoms with Crippen molar-refractivity contribution in [3.05, 3.63) is 72.9 Å². The lowest BCUT2D eigenvalue weighted by Gasteiger charge is -2.15. The number of allylic oxidation sites excluding steroid dienone is 12. The Morgan fingerprint density at radius 1 is 0.479 bits per heavy atom. The molecule has 0 bridgehead atoms. The molecule has 48 heavy (non-hydrogen) atoms. The molecule has 0 radical (unpaired) electrons. The molecule has 0 saturated heterocycles. The summed E-state index contributed by atoms with van der Waals surface area (Å²) < 4.78 is 10.5. The number of unbranched alkanes of at least 4 members (excludes halogenated alkanes) is 14. The van der Waals surface area contributed by atoms with Crippen LogP contribution >= 0.6 is 0 Å². The van der Waals surface area contributed by atoms with E-state index in [2.05, 4.69) is 74.6 Å². The van der Waals surface area contributed by atoms with Gasteiger partial charge in [0.2, 0.25) is 0 Å². The second-order valence-electron chi connectivity index (χ2n) is 12.6. The number of ether oxygens (including phenoxy) is 2. The van der Waals surface area contributed by atoms with Crippen LogP contribution in [-0.2, 0) is 19.1 Å². The number of carbonyl (C=O) groups excluding carboxylic acids is 2. The predicted octanol–water partition coefficient (Wildman–Crippen LogP) is 12.2.